The van der Waals surface area contributed by atoms with Gasteiger partial charge in [0, 0.05) is 26.1 Å². The molecule has 1 aliphatic heterocycles. The number of amides is 1. The lowest BCUT2D eigenvalue weighted by Gasteiger charge is -2.27. The van der Waals surface area contributed by atoms with Gasteiger partial charge in [-0.05, 0) is 42.2 Å². The summed E-state index contributed by atoms with van der Waals surface area (Å²) in [4.78, 5) is 14.3. The van der Waals surface area contributed by atoms with Crippen LogP contribution in [0.25, 0.3) is 0 Å². The topological polar surface area (TPSA) is 51.0 Å². The Balaban J connectivity index is 1.63. The second kappa shape index (κ2) is 5.97. The monoisotopic (exact) mass is 304 g/mol. The average molecular weight is 304 g/mol. The van der Waals surface area contributed by atoms with Gasteiger partial charge >= 0.3 is 0 Å². The van der Waals surface area contributed by atoms with Crippen molar-refractivity contribution in [3.8, 4) is 0 Å². The van der Waals surface area contributed by atoms with Gasteiger partial charge in [-0.25, -0.2) is 0 Å². The minimum atomic E-state index is 0.202. The SMILES string of the molecule is Cc1nnc2n1CCC(N(C)C(=O)Cc1ccsc1)CC2. The molecular weight excluding hydrogens is 284 g/mol. The highest BCUT2D eigenvalue weighted by Gasteiger charge is 2.24. The maximum atomic E-state index is 12.4. The number of carbonyl (C=O) groups is 1. The van der Waals surface area contributed by atoms with Crippen LogP contribution in [0, 0.1) is 6.92 Å². The molecular formula is C15H20N4OS. The number of aryl methyl sites for hydroxylation is 2. The number of nitrogens with zero attached hydrogens (tertiary/aromatic N) is 4. The Bertz CT molecular complexity index is 620. The highest BCUT2D eigenvalue weighted by Crippen LogP contribution is 2.19. The van der Waals surface area contributed by atoms with Crippen LogP contribution in [0.3, 0.4) is 0 Å². The number of carbonyl (C=O) groups excluding carboxylic acids is 1. The Morgan fingerprint density at radius 1 is 1.48 bits per heavy atom. The first-order chi connectivity index (χ1) is 10.1. The van der Waals surface area contributed by atoms with Crippen LogP contribution >= 0.6 is 11.3 Å². The van der Waals surface area contributed by atoms with Gasteiger partial charge in [-0.15, -0.1) is 10.2 Å². The predicted molar refractivity (Wildman–Crippen MR) is 82.3 cm³/mol. The lowest BCUT2D eigenvalue weighted by Crippen LogP contribution is -2.38. The molecule has 3 rings (SSSR count). The molecule has 0 aromatic carbocycles. The van der Waals surface area contributed by atoms with E-state index in [0.717, 1.165) is 43.0 Å². The minimum absolute atomic E-state index is 0.202. The predicted octanol–water partition coefficient (Wildman–Crippen LogP) is 2.05. The van der Waals surface area contributed by atoms with E-state index in [0.29, 0.717) is 6.42 Å². The van der Waals surface area contributed by atoms with E-state index < -0.39 is 0 Å². The first-order valence-corrected chi connectivity index (χ1v) is 8.25. The molecule has 1 atom stereocenters. The standard InChI is InChI=1S/C15H20N4OS/c1-11-16-17-14-4-3-13(5-7-19(11)14)18(2)15(20)9-12-6-8-21-10-12/h6,8,10,13H,3-5,7,9H2,1-2H3. The van der Waals surface area contributed by atoms with E-state index in [-0.39, 0.29) is 11.9 Å². The number of hydrogen-bond acceptors (Lipinski definition) is 4. The number of rotatable bonds is 3. The van der Waals surface area contributed by atoms with Crippen molar-refractivity contribution in [1.82, 2.24) is 19.7 Å². The fourth-order valence-electron chi connectivity index (χ4n) is 2.90. The molecule has 1 unspecified atom stereocenters. The number of hydrogen-bond donors (Lipinski definition) is 0. The third-order valence-corrected chi connectivity index (χ3v) is 5.01. The Hall–Kier alpha value is -1.69. The first kappa shape index (κ1) is 14.3. The van der Waals surface area contributed by atoms with Gasteiger partial charge in [0.05, 0.1) is 6.42 Å². The zero-order valence-corrected chi connectivity index (χ0v) is 13.3. The maximum Gasteiger partial charge on any atom is 0.227 e. The summed E-state index contributed by atoms with van der Waals surface area (Å²) in [6.45, 7) is 2.89. The molecule has 3 heterocycles. The summed E-state index contributed by atoms with van der Waals surface area (Å²) in [7, 11) is 1.93. The Labute approximate surface area is 128 Å². The van der Waals surface area contributed by atoms with Gasteiger partial charge in [-0.2, -0.15) is 11.3 Å². The number of likely N-dealkylation sites (N-methyl/N-ethyl adjacent to an activating group) is 1. The summed E-state index contributed by atoms with van der Waals surface area (Å²) in [5, 5.41) is 12.4. The Morgan fingerprint density at radius 2 is 2.33 bits per heavy atom. The molecule has 0 radical (unpaired) electrons. The van der Waals surface area contributed by atoms with Crippen LogP contribution in [-0.4, -0.2) is 38.7 Å². The quantitative estimate of drug-likeness (QED) is 0.872. The number of thiophene rings is 1. The fourth-order valence-corrected chi connectivity index (χ4v) is 3.57. The molecule has 2 aromatic heterocycles. The summed E-state index contributed by atoms with van der Waals surface area (Å²) < 4.78 is 2.18. The van der Waals surface area contributed by atoms with E-state index in [1.165, 1.54) is 0 Å². The molecule has 112 valence electrons. The molecule has 0 N–H and O–H groups in total. The largest absolute Gasteiger partial charge is 0.342 e. The van der Waals surface area contributed by atoms with Gasteiger partial charge in [-0.3, -0.25) is 4.79 Å². The van der Waals surface area contributed by atoms with Crippen LogP contribution in [0.1, 0.15) is 30.1 Å². The first-order valence-electron chi connectivity index (χ1n) is 7.30. The van der Waals surface area contributed by atoms with Crippen molar-refractivity contribution in [3.63, 3.8) is 0 Å². The molecule has 5 nitrogen and oxygen atoms in total. The second-order valence-corrected chi connectivity index (χ2v) is 6.39. The van der Waals surface area contributed by atoms with Crippen molar-refractivity contribution in [2.45, 2.75) is 45.2 Å². The van der Waals surface area contributed by atoms with Gasteiger partial charge in [0.1, 0.15) is 11.6 Å². The normalized spacial score (nSPS) is 18.1. The summed E-state index contributed by atoms with van der Waals surface area (Å²) in [6.07, 6.45) is 3.32. The molecule has 0 bridgehead atoms. The molecule has 0 saturated heterocycles. The van der Waals surface area contributed by atoms with E-state index in [1.54, 1.807) is 11.3 Å². The van der Waals surface area contributed by atoms with Gasteiger partial charge < -0.3 is 9.47 Å². The van der Waals surface area contributed by atoms with Crippen LogP contribution in [0.5, 0.6) is 0 Å². The summed E-state index contributed by atoms with van der Waals surface area (Å²) in [5.41, 5.74) is 1.11. The fraction of sp³-hybridized carbons (Fsp3) is 0.533. The average Bonchev–Trinajstić information content (AvgIpc) is 3.04. The second-order valence-electron chi connectivity index (χ2n) is 5.61. The smallest absolute Gasteiger partial charge is 0.227 e. The van der Waals surface area contributed by atoms with Crippen molar-refractivity contribution in [2.24, 2.45) is 0 Å². The summed E-state index contributed by atoms with van der Waals surface area (Å²) >= 11 is 1.64. The Morgan fingerprint density at radius 3 is 3.10 bits per heavy atom. The van der Waals surface area contributed by atoms with Crippen LogP contribution in [0.2, 0.25) is 0 Å². The van der Waals surface area contributed by atoms with Gasteiger partial charge in [0.2, 0.25) is 5.91 Å². The van der Waals surface area contributed by atoms with Crippen molar-refractivity contribution in [1.29, 1.82) is 0 Å². The minimum Gasteiger partial charge on any atom is -0.342 e. The number of aromatic nitrogens is 3. The molecule has 2 aromatic rings. The third kappa shape index (κ3) is 3.00. The van der Waals surface area contributed by atoms with Gasteiger partial charge in [0.25, 0.3) is 0 Å². The molecule has 21 heavy (non-hydrogen) atoms. The molecule has 0 aliphatic carbocycles. The van der Waals surface area contributed by atoms with Crippen molar-refractivity contribution < 1.29 is 4.79 Å². The van der Waals surface area contributed by atoms with Crippen LogP contribution < -0.4 is 0 Å². The molecule has 1 aliphatic rings. The molecule has 0 spiro atoms. The van der Waals surface area contributed by atoms with E-state index >= 15 is 0 Å². The van der Waals surface area contributed by atoms with E-state index in [2.05, 4.69) is 14.8 Å². The number of fused-ring (bicyclic) bond motifs is 1. The van der Waals surface area contributed by atoms with Gasteiger partial charge in [0.15, 0.2) is 0 Å². The van der Waals surface area contributed by atoms with Crippen molar-refractivity contribution in [3.05, 3.63) is 34.0 Å². The van der Waals surface area contributed by atoms with Crippen LogP contribution in [-0.2, 0) is 24.2 Å². The van der Waals surface area contributed by atoms with E-state index in [4.69, 9.17) is 0 Å². The maximum absolute atomic E-state index is 12.4. The highest BCUT2D eigenvalue weighted by molar-refractivity contribution is 7.07. The van der Waals surface area contributed by atoms with E-state index in [1.807, 2.05) is 35.7 Å². The van der Waals surface area contributed by atoms with E-state index in [9.17, 15) is 4.79 Å². The third-order valence-electron chi connectivity index (χ3n) is 4.28. The molecule has 0 fully saturated rings. The van der Waals surface area contributed by atoms with Crippen molar-refractivity contribution >= 4 is 17.2 Å². The lowest BCUT2D eigenvalue weighted by molar-refractivity contribution is -0.131. The highest BCUT2D eigenvalue weighted by atomic mass is 32.1. The van der Waals surface area contributed by atoms with Gasteiger partial charge in [-0.1, -0.05) is 0 Å². The van der Waals surface area contributed by atoms with Crippen LogP contribution in [0.4, 0.5) is 0 Å². The lowest BCUT2D eigenvalue weighted by atomic mass is 10.1. The zero-order chi connectivity index (χ0) is 14.8. The zero-order valence-electron chi connectivity index (χ0n) is 12.5. The molecule has 1 amide bonds. The molecule has 6 heteroatoms. The summed E-state index contributed by atoms with van der Waals surface area (Å²) in [5.74, 6) is 2.22. The summed E-state index contributed by atoms with van der Waals surface area (Å²) in [6, 6.07) is 2.31. The van der Waals surface area contributed by atoms with Crippen molar-refractivity contribution in [2.75, 3.05) is 7.05 Å². The Kier molecular flexibility index (Phi) is 4.05. The van der Waals surface area contributed by atoms with Crippen LogP contribution in [0.15, 0.2) is 16.8 Å². The molecule has 0 saturated carbocycles.